The molecule has 5 aliphatic rings. The predicted molar refractivity (Wildman–Crippen MR) is 207 cm³/mol. The van der Waals surface area contributed by atoms with Gasteiger partial charge in [0.1, 0.15) is 11.9 Å². The normalized spacial score (nSPS) is 22.4. The number of piperidine rings is 3. The van der Waals surface area contributed by atoms with E-state index in [2.05, 4.69) is 45.5 Å². The molecule has 4 aromatic rings. The number of aryl methyl sites for hydroxylation is 1. The summed E-state index contributed by atoms with van der Waals surface area (Å²) < 4.78 is 6.38. The van der Waals surface area contributed by atoms with Crippen molar-refractivity contribution in [1.29, 1.82) is 0 Å². The predicted octanol–water partition coefficient (Wildman–Crippen LogP) is 5.87. The van der Waals surface area contributed by atoms with E-state index in [1.165, 1.54) is 24.1 Å². The monoisotopic (exact) mass is 732 g/mol. The van der Waals surface area contributed by atoms with E-state index in [0.717, 1.165) is 99.7 Å². The first-order valence-corrected chi connectivity index (χ1v) is 19.9. The lowest BCUT2D eigenvalue weighted by molar-refractivity contribution is -0.167. The first-order valence-electron chi connectivity index (χ1n) is 19.9. The second kappa shape index (κ2) is 15.7. The van der Waals surface area contributed by atoms with Gasteiger partial charge in [0.15, 0.2) is 0 Å². The maximum absolute atomic E-state index is 14.0. The van der Waals surface area contributed by atoms with E-state index < -0.39 is 11.5 Å². The molecule has 4 fully saturated rings. The van der Waals surface area contributed by atoms with E-state index in [0.29, 0.717) is 42.0 Å². The third-order valence-electron chi connectivity index (χ3n) is 12.6. The highest BCUT2D eigenvalue weighted by atomic mass is 16.5. The molecule has 4 aliphatic heterocycles. The van der Waals surface area contributed by atoms with Gasteiger partial charge in [-0.3, -0.25) is 19.3 Å². The maximum Gasteiger partial charge on any atom is 0.316 e. The van der Waals surface area contributed by atoms with Gasteiger partial charge in [0, 0.05) is 49.7 Å². The third-order valence-corrected chi connectivity index (χ3v) is 12.6. The SMILES string of the molecule is O=C1c2ccc(CNC[C@H](O)c3ccc(O)c4[nH]c(=O)ccc34)cc2CN1CCCCc1cccc(C2(C(=O)OC3CN4CCC3CC4)CCCCC2)c1. The van der Waals surface area contributed by atoms with E-state index in [1.54, 1.807) is 12.1 Å². The molecule has 5 heterocycles. The van der Waals surface area contributed by atoms with Crippen LogP contribution in [-0.4, -0.2) is 75.7 Å². The molecule has 0 spiro atoms. The second-order valence-corrected chi connectivity index (χ2v) is 16.0. The van der Waals surface area contributed by atoms with Crippen molar-refractivity contribution >= 4 is 22.8 Å². The number of nitrogens with zero attached hydrogens (tertiary/aromatic N) is 2. The largest absolute Gasteiger partial charge is 0.506 e. The van der Waals surface area contributed by atoms with Crippen LogP contribution in [0.5, 0.6) is 5.75 Å². The molecule has 0 radical (unpaired) electrons. The van der Waals surface area contributed by atoms with Crippen LogP contribution < -0.4 is 10.9 Å². The number of nitrogens with one attached hydrogen (secondary N) is 2. The number of aliphatic hydroxyl groups excluding tert-OH is 1. The molecule has 1 aromatic heterocycles. The molecule has 1 unspecified atom stereocenters. The number of fused-ring (bicyclic) bond motifs is 5. The summed E-state index contributed by atoms with van der Waals surface area (Å²) in [6, 6.07) is 20.7. The highest BCUT2D eigenvalue weighted by molar-refractivity contribution is 5.98. The molecule has 2 atom stereocenters. The molecule has 3 saturated heterocycles. The second-order valence-electron chi connectivity index (χ2n) is 16.0. The van der Waals surface area contributed by atoms with E-state index in [9.17, 15) is 24.6 Å². The number of ether oxygens (including phenoxy) is 1. The minimum Gasteiger partial charge on any atom is -0.506 e. The zero-order valence-electron chi connectivity index (χ0n) is 31.0. The van der Waals surface area contributed by atoms with Crippen molar-refractivity contribution in [1.82, 2.24) is 20.1 Å². The maximum atomic E-state index is 14.0. The Morgan fingerprint density at radius 2 is 1.80 bits per heavy atom. The van der Waals surface area contributed by atoms with Crippen LogP contribution in [0.4, 0.5) is 0 Å². The molecular weight excluding hydrogens is 681 g/mol. The molecule has 1 saturated carbocycles. The third kappa shape index (κ3) is 7.44. The molecule has 10 nitrogen and oxygen atoms in total. The molecule has 3 aromatic carbocycles. The first-order chi connectivity index (χ1) is 26.3. The first kappa shape index (κ1) is 36.5. The number of aromatic amines is 1. The van der Waals surface area contributed by atoms with Gasteiger partial charge in [0.05, 0.1) is 17.0 Å². The Morgan fingerprint density at radius 1 is 0.963 bits per heavy atom. The number of benzene rings is 3. The van der Waals surface area contributed by atoms with Gasteiger partial charge < -0.3 is 30.2 Å². The lowest BCUT2D eigenvalue weighted by Crippen LogP contribution is -2.53. The highest BCUT2D eigenvalue weighted by Crippen LogP contribution is 2.42. The zero-order valence-corrected chi connectivity index (χ0v) is 31.0. The van der Waals surface area contributed by atoms with Gasteiger partial charge in [-0.2, -0.15) is 0 Å². The van der Waals surface area contributed by atoms with Crippen LogP contribution >= 0.6 is 0 Å². The smallest absolute Gasteiger partial charge is 0.316 e. The summed E-state index contributed by atoms with van der Waals surface area (Å²) in [6.45, 7) is 5.21. The van der Waals surface area contributed by atoms with E-state index in [4.69, 9.17) is 4.74 Å². The summed E-state index contributed by atoms with van der Waals surface area (Å²) in [5.41, 5.74) is 5.19. The number of carbonyl (C=O) groups is 2. The molecule has 2 bridgehead atoms. The van der Waals surface area contributed by atoms with Crippen molar-refractivity contribution in [2.45, 2.75) is 94.9 Å². The minimum atomic E-state index is -0.849. The number of aliphatic hydroxyl groups is 1. The Morgan fingerprint density at radius 3 is 2.59 bits per heavy atom. The van der Waals surface area contributed by atoms with Crippen molar-refractivity contribution in [3.63, 3.8) is 0 Å². The number of H-pyrrole nitrogens is 1. The van der Waals surface area contributed by atoms with Gasteiger partial charge in [0.2, 0.25) is 5.56 Å². The van der Waals surface area contributed by atoms with Crippen LogP contribution in [0.3, 0.4) is 0 Å². The van der Waals surface area contributed by atoms with Crippen LogP contribution in [-0.2, 0) is 34.5 Å². The Kier molecular flexibility index (Phi) is 10.6. The van der Waals surface area contributed by atoms with E-state index in [-0.39, 0.29) is 35.8 Å². The number of pyridine rings is 1. The van der Waals surface area contributed by atoms with Gasteiger partial charge in [-0.15, -0.1) is 0 Å². The highest BCUT2D eigenvalue weighted by Gasteiger charge is 2.46. The number of esters is 1. The number of carbonyl (C=O) groups excluding carboxylic acids is 2. The van der Waals surface area contributed by atoms with Gasteiger partial charge in [-0.25, -0.2) is 0 Å². The van der Waals surface area contributed by atoms with Gasteiger partial charge in [-0.05, 0) is 110 Å². The number of phenolic OH excluding ortho intramolecular Hbond substituents is 1. The van der Waals surface area contributed by atoms with Crippen LogP contribution in [0, 0.1) is 5.92 Å². The van der Waals surface area contributed by atoms with Crippen LogP contribution in [0.25, 0.3) is 10.9 Å². The number of rotatable bonds is 13. The molecule has 9 rings (SSSR count). The quantitative estimate of drug-likeness (QED) is 0.0991. The molecular formula is C44H52N4O6. The fourth-order valence-electron chi connectivity index (χ4n) is 9.45. The molecule has 284 valence electrons. The van der Waals surface area contributed by atoms with Crippen molar-refractivity contribution in [2.75, 3.05) is 32.7 Å². The lowest BCUT2D eigenvalue weighted by atomic mass is 9.69. The Hall–Kier alpha value is -4.51. The van der Waals surface area contributed by atoms with Crippen molar-refractivity contribution in [2.24, 2.45) is 5.92 Å². The fourth-order valence-corrected chi connectivity index (χ4v) is 9.45. The molecule has 54 heavy (non-hydrogen) atoms. The summed E-state index contributed by atoms with van der Waals surface area (Å²) in [5.74, 6) is 0.520. The summed E-state index contributed by atoms with van der Waals surface area (Å²) in [4.78, 5) is 46.1. The number of phenols is 1. The lowest BCUT2D eigenvalue weighted by Gasteiger charge is -2.45. The summed E-state index contributed by atoms with van der Waals surface area (Å²) in [6.07, 6.45) is 9.16. The average Bonchev–Trinajstić information content (AvgIpc) is 3.51. The van der Waals surface area contributed by atoms with E-state index >= 15 is 0 Å². The topological polar surface area (TPSA) is 135 Å². The van der Waals surface area contributed by atoms with E-state index in [1.807, 2.05) is 17.0 Å². The Bertz CT molecular complexity index is 2060. The Labute approximate surface area is 316 Å². The van der Waals surface area contributed by atoms with Gasteiger partial charge in [0.25, 0.3) is 5.91 Å². The number of hydrogen-bond donors (Lipinski definition) is 4. The van der Waals surface area contributed by atoms with Gasteiger partial charge >= 0.3 is 5.97 Å². The zero-order chi connectivity index (χ0) is 37.2. The standard InChI is InChI=1S/C44H52N4O6/c49-37-14-12-35(36-13-15-40(51)46-41(36)37)38(50)26-45-25-30-10-11-34-32(23-30)27-48(42(34)52)20-5-2-7-29-8-6-9-33(24-29)44(18-3-1-4-19-44)43(53)54-39-28-47-21-16-31(39)17-22-47/h6,8-15,23-24,31,38-39,45,49-50H,1-5,7,16-22,25-28H2,(H,46,51)/t38-,39?/m0/s1. The number of aromatic nitrogens is 1. The number of amides is 1. The van der Waals surface area contributed by atoms with Crippen molar-refractivity contribution in [3.8, 4) is 5.75 Å². The minimum absolute atomic E-state index is 0.0101. The van der Waals surface area contributed by atoms with Gasteiger partial charge in [-0.1, -0.05) is 61.7 Å². The number of aromatic hydroxyl groups is 1. The molecule has 1 aliphatic carbocycles. The summed E-state index contributed by atoms with van der Waals surface area (Å²) in [5, 5.41) is 25.0. The molecule has 10 heteroatoms. The number of unbranched alkanes of at least 4 members (excludes halogenated alkanes) is 1. The average molecular weight is 733 g/mol. The van der Waals surface area contributed by atoms with Crippen LogP contribution in [0.15, 0.2) is 71.5 Å². The number of hydrogen-bond acceptors (Lipinski definition) is 8. The fraction of sp³-hybridized carbons (Fsp3) is 0.477. The van der Waals surface area contributed by atoms with Crippen molar-refractivity contribution < 1.29 is 24.5 Å². The Balaban J connectivity index is 0.829. The van der Waals surface area contributed by atoms with Crippen molar-refractivity contribution in [3.05, 3.63) is 110 Å². The summed E-state index contributed by atoms with van der Waals surface area (Å²) >= 11 is 0. The van der Waals surface area contributed by atoms with Crippen LogP contribution in [0.2, 0.25) is 0 Å². The molecule has 1 amide bonds. The van der Waals surface area contributed by atoms with Crippen LogP contribution in [0.1, 0.15) is 102 Å². The molecule has 4 N–H and O–H groups in total. The summed E-state index contributed by atoms with van der Waals surface area (Å²) in [7, 11) is 0.